The van der Waals surface area contributed by atoms with Crippen LogP contribution in [-0.4, -0.2) is 50.3 Å². The Hall–Kier alpha value is -3.64. The lowest BCUT2D eigenvalue weighted by molar-refractivity contribution is 0.0613. The summed E-state index contributed by atoms with van der Waals surface area (Å²) >= 11 is 0. The molecule has 1 heterocycles. The van der Waals surface area contributed by atoms with E-state index in [1.54, 1.807) is 22.9 Å². The zero-order valence-electron chi connectivity index (χ0n) is 19.1. The second-order valence-corrected chi connectivity index (χ2v) is 8.54. The Kier molecular flexibility index (Phi) is 7.05. The van der Waals surface area contributed by atoms with Gasteiger partial charge in [-0.3, -0.25) is 5.10 Å². The van der Waals surface area contributed by atoms with Gasteiger partial charge in [-0.05, 0) is 42.2 Å². The molecule has 33 heavy (non-hydrogen) atoms. The van der Waals surface area contributed by atoms with Crippen LogP contribution in [-0.2, 0) is 19.5 Å². The third-order valence-electron chi connectivity index (χ3n) is 5.94. The van der Waals surface area contributed by atoms with Crippen LogP contribution in [0.3, 0.4) is 0 Å². The van der Waals surface area contributed by atoms with E-state index in [-0.39, 0.29) is 12.1 Å². The highest BCUT2D eigenvalue weighted by molar-refractivity contribution is 5.79. The number of rotatable bonds is 8. The number of aromatic nitrogens is 2. The van der Waals surface area contributed by atoms with E-state index in [4.69, 9.17) is 0 Å². The van der Waals surface area contributed by atoms with Crippen molar-refractivity contribution in [3.8, 4) is 0 Å². The number of amides is 2. The summed E-state index contributed by atoms with van der Waals surface area (Å²) < 4.78 is 0. The number of carbonyl (C=O) groups is 1. The number of nitrogens with one attached hydrogen (secondary N) is 1. The molecule has 0 radical (unpaired) electrons. The van der Waals surface area contributed by atoms with Crippen LogP contribution in [0.1, 0.15) is 23.6 Å². The van der Waals surface area contributed by atoms with Gasteiger partial charge in [0.15, 0.2) is 0 Å². The highest BCUT2D eigenvalue weighted by atomic mass is 16.3. The molecule has 2 atom stereocenters. The zero-order valence-corrected chi connectivity index (χ0v) is 19.1. The van der Waals surface area contributed by atoms with Crippen molar-refractivity contribution in [1.82, 2.24) is 20.0 Å². The minimum Gasteiger partial charge on any atom is -0.391 e. The number of aliphatic hydroxyl groups excluding tert-OH is 1. The van der Waals surface area contributed by atoms with E-state index in [1.165, 1.54) is 0 Å². The minimum absolute atomic E-state index is 0.118. The molecule has 0 aliphatic heterocycles. The molecule has 0 saturated carbocycles. The van der Waals surface area contributed by atoms with Crippen LogP contribution in [0.4, 0.5) is 4.79 Å². The van der Waals surface area contributed by atoms with Crippen molar-refractivity contribution in [2.75, 3.05) is 7.05 Å². The summed E-state index contributed by atoms with van der Waals surface area (Å²) in [6, 6.07) is 25.5. The van der Waals surface area contributed by atoms with Gasteiger partial charge < -0.3 is 14.9 Å². The quantitative estimate of drug-likeness (QED) is 0.419. The molecular weight excluding hydrogens is 412 g/mol. The number of urea groups is 1. The third kappa shape index (κ3) is 5.59. The predicted octanol–water partition coefficient (Wildman–Crippen LogP) is 4.61. The highest BCUT2D eigenvalue weighted by Gasteiger charge is 2.30. The molecule has 3 aromatic carbocycles. The number of fused-ring (bicyclic) bond motifs is 1. The van der Waals surface area contributed by atoms with Gasteiger partial charge in [-0.2, -0.15) is 5.10 Å². The number of aromatic amines is 1. The lowest BCUT2D eigenvalue weighted by atomic mass is 10.00. The first-order chi connectivity index (χ1) is 16.0. The largest absolute Gasteiger partial charge is 0.391 e. The van der Waals surface area contributed by atoms with Crippen molar-refractivity contribution in [2.45, 2.75) is 38.6 Å². The summed E-state index contributed by atoms with van der Waals surface area (Å²) in [5, 5.41) is 18.8. The van der Waals surface area contributed by atoms with E-state index in [1.807, 2.05) is 85.9 Å². The van der Waals surface area contributed by atoms with Crippen LogP contribution < -0.4 is 0 Å². The van der Waals surface area contributed by atoms with Crippen molar-refractivity contribution in [1.29, 1.82) is 0 Å². The first kappa shape index (κ1) is 22.6. The zero-order chi connectivity index (χ0) is 23.2. The highest BCUT2D eigenvalue weighted by Crippen LogP contribution is 2.20. The maximum atomic E-state index is 13.7. The van der Waals surface area contributed by atoms with Gasteiger partial charge in [0.25, 0.3) is 0 Å². The molecule has 2 N–H and O–H groups in total. The maximum absolute atomic E-state index is 13.7. The molecule has 0 fully saturated rings. The predicted molar refractivity (Wildman–Crippen MR) is 131 cm³/mol. The second-order valence-electron chi connectivity index (χ2n) is 8.54. The molecule has 0 bridgehead atoms. The molecule has 0 spiro atoms. The maximum Gasteiger partial charge on any atom is 0.320 e. The first-order valence-corrected chi connectivity index (χ1v) is 11.2. The van der Waals surface area contributed by atoms with E-state index in [2.05, 4.69) is 10.2 Å². The summed E-state index contributed by atoms with van der Waals surface area (Å²) in [4.78, 5) is 17.2. The third-order valence-corrected chi connectivity index (χ3v) is 5.94. The number of aliphatic hydroxyl groups is 1. The number of nitrogens with zero attached hydrogens (tertiary/aromatic N) is 3. The molecule has 170 valence electrons. The fourth-order valence-electron chi connectivity index (χ4n) is 4.15. The number of H-pyrrole nitrogens is 1. The van der Waals surface area contributed by atoms with Gasteiger partial charge in [0.1, 0.15) is 0 Å². The van der Waals surface area contributed by atoms with Crippen molar-refractivity contribution >= 4 is 16.9 Å². The van der Waals surface area contributed by atoms with Crippen LogP contribution >= 0.6 is 0 Å². The lowest BCUT2D eigenvalue weighted by Gasteiger charge is -2.37. The normalized spacial score (nSPS) is 12.9. The standard InChI is InChI=1S/C27H30N4O2/c1-20(32)26(16-21-9-5-3-6-10-21)31(19-22-11-7-4-8-12-22)27(33)30(2)18-23-13-14-25-24(15-23)17-28-29-25/h3-15,17,20,26,32H,16,18-19H2,1-2H3,(H,28,29). The van der Waals surface area contributed by atoms with Gasteiger partial charge in [0.2, 0.25) is 0 Å². The van der Waals surface area contributed by atoms with Gasteiger partial charge >= 0.3 is 6.03 Å². The summed E-state index contributed by atoms with van der Waals surface area (Å²) in [7, 11) is 1.81. The van der Waals surface area contributed by atoms with Gasteiger partial charge in [-0.15, -0.1) is 0 Å². The molecule has 6 heteroatoms. The average Bonchev–Trinajstić information content (AvgIpc) is 3.30. The van der Waals surface area contributed by atoms with Gasteiger partial charge in [0, 0.05) is 25.5 Å². The fraction of sp³-hybridized carbons (Fsp3) is 0.259. The van der Waals surface area contributed by atoms with Crippen molar-refractivity contribution in [2.24, 2.45) is 0 Å². The molecular formula is C27H30N4O2. The number of benzene rings is 3. The van der Waals surface area contributed by atoms with Crippen LogP contribution in [0.5, 0.6) is 0 Å². The van der Waals surface area contributed by atoms with Gasteiger partial charge in [-0.25, -0.2) is 4.79 Å². The summed E-state index contributed by atoms with van der Waals surface area (Å²) in [5.74, 6) is 0. The molecule has 4 rings (SSSR count). The fourth-order valence-corrected chi connectivity index (χ4v) is 4.15. The van der Waals surface area contributed by atoms with E-state index >= 15 is 0 Å². The van der Waals surface area contributed by atoms with E-state index < -0.39 is 6.10 Å². The van der Waals surface area contributed by atoms with E-state index in [0.717, 1.165) is 27.6 Å². The topological polar surface area (TPSA) is 72.5 Å². The Morgan fingerprint density at radius 3 is 2.27 bits per heavy atom. The van der Waals surface area contributed by atoms with Crippen LogP contribution in [0.15, 0.2) is 85.1 Å². The molecule has 0 saturated heterocycles. The van der Waals surface area contributed by atoms with Crippen molar-refractivity contribution < 1.29 is 9.90 Å². The smallest absolute Gasteiger partial charge is 0.320 e. The summed E-state index contributed by atoms with van der Waals surface area (Å²) in [5.41, 5.74) is 4.10. The molecule has 2 unspecified atom stereocenters. The minimum atomic E-state index is -0.687. The number of hydrogen-bond donors (Lipinski definition) is 2. The molecule has 1 aromatic heterocycles. The summed E-state index contributed by atoms with van der Waals surface area (Å²) in [6.45, 7) is 2.64. The van der Waals surface area contributed by atoms with Crippen LogP contribution in [0, 0.1) is 0 Å². The Morgan fingerprint density at radius 1 is 0.939 bits per heavy atom. The second kappa shape index (κ2) is 10.3. The molecule has 6 nitrogen and oxygen atoms in total. The average molecular weight is 443 g/mol. The van der Waals surface area contributed by atoms with E-state index in [0.29, 0.717) is 19.5 Å². The first-order valence-electron chi connectivity index (χ1n) is 11.2. The molecule has 4 aromatic rings. The monoisotopic (exact) mass is 442 g/mol. The Balaban J connectivity index is 1.59. The van der Waals surface area contributed by atoms with Gasteiger partial charge in [-0.1, -0.05) is 66.7 Å². The van der Waals surface area contributed by atoms with Crippen LogP contribution in [0.25, 0.3) is 10.9 Å². The van der Waals surface area contributed by atoms with Crippen LogP contribution in [0.2, 0.25) is 0 Å². The van der Waals surface area contributed by atoms with Crippen molar-refractivity contribution in [3.05, 3.63) is 102 Å². The number of carbonyl (C=O) groups excluding carboxylic acids is 1. The Morgan fingerprint density at radius 2 is 1.61 bits per heavy atom. The SMILES string of the molecule is CC(O)C(Cc1ccccc1)N(Cc1ccccc1)C(=O)N(C)Cc1ccc2[nH]ncc2c1. The number of hydrogen-bond acceptors (Lipinski definition) is 3. The van der Waals surface area contributed by atoms with Gasteiger partial charge in [0.05, 0.1) is 23.9 Å². The summed E-state index contributed by atoms with van der Waals surface area (Å²) in [6.07, 6.45) is 1.67. The van der Waals surface area contributed by atoms with Crippen molar-refractivity contribution in [3.63, 3.8) is 0 Å². The lowest BCUT2D eigenvalue weighted by Crippen LogP contribution is -2.51. The molecule has 0 aliphatic carbocycles. The Bertz CT molecular complexity index is 1170. The Labute approximate surface area is 194 Å². The molecule has 2 amide bonds. The van der Waals surface area contributed by atoms with E-state index in [9.17, 15) is 9.90 Å². The molecule has 0 aliphatic rings.